The van der Waals surface area contributed by atoms with Crippen LogP contribution in [-0.2, 0) is 0 Å². The van der Waals surface area contributed by atoms with Crippen LogP contribution >= 0.6 is 0 Å². The van der Waals surface area contributed by atoms with Gasteiger partial charge in [-0.3, -0.25) is 0 Å². The minimum atomic E-state index is -0.287. The van der Waals surface area contributed by atoms with Gasteiger partial charge in [0.15, 0.2) is 0 Å². The van der Waals surface area contributed by atoms with Gasteiger partial charge in [0.2, 0.25) is 0 Å². The van der Waals surface area contributed by atoms with Crippen LogP contribution < -0.4 is 5.32 Å². The molecule has 0 spiro atoms. The number of hydrogen-bond acceptors (Lipinski definition) is 2. The molecule has 1 rings (SSSR count). The molecular formula is C9H19NO. The van der Waals surface area contributed by atoms with E-state index in [1.807, 2.05) is 7.05 Å². The lowest BCUT2D eigenvalue weighted by Gasteiger charge is -2.37. The molecule has 0 radical (unpaired) electrons. The van der Waals surface area contributed by atoms with Gasteiger partial charge in [0.1, 0.15) is 0 Å². The Labute approximate surface area is 69.0 Å². The predicted molar refractivity (Wildman–Crippen MR) is 46.6 cm³/mol. The minimum Gasteiger partial charge on any atom is -0.390 e. The van der Waals surface area contributed by atoms with Gasteiger partial charge in [-0.15, -0.1) is 0 Å². The van der Waals surface area contributed by atoms with Gasteiger partial charge in [0.25, 0.3) is 0 Å². The molecule has 0 amide bonds. The molecule has 0 aromatic carbocycles. The van der Waals surface area contributed by atoms with Crippen LogP contribution in [-0.4, -0.2) is 23.8 Å². The molecule has 11 heavy (non-hydrogen) atoms. The zero-order valence-corrected chi connectivity index (χ0v) is 7.56. The summed E-state index contributed by atoms with van der Waals surface area (Å²) in [6.07, 6.45) is 5.30. The lowest BCUT2D eigenvalue weighted by Crippen LogP contribution is -2.38. The third-order valence-corrected chi connectivity index (χ3v) is 2.82. The van der Waals surface area contributed by atoms with Gasteiger partial charge in [-0.05, 0) is 46.1 Å². The number of aliphatic hydroxyl groups is 1. The maximum atomic E-state index is 9.73. The van der Waals surface area contributed by atoms with Gasteiger partial charge < -0.3 is 10.4 Å². The molecule has 0 saturated heterocycles. The molecule has 0 aromatic heterocycles. The average molecular weight is 157 g/mol. The molecule has 0 heterocycles. The highest BCUT2D eigenvalue weighted by Crippen LogP contribution is 2.35. The Morgan fingerprint density at radius 1 is 1.55 bits per heavy atom. The minimum absolute atomic E-state index is 0.287. The third kappa shape index (κ3) is 2.46. The van der Waals surface area contributed by atoms with Crippen molar-refractivity contribution in [1.29, 1.82) is 0 Å². The Balaban J connectivity index is 2.11. The normalized spacial score (nSPS) is 24.3. The van der Waals surface area contributed by atoms with Crippen LogP contribution in [0.1, 0.15) is 39.0 Å². The van der Waals surface area contributed by atoms with Crippen molar-refractivity contribution >= 4 is 0 Å². The van der Waals surface area contributed by atoms with Crippen molar-refractivity contribution in [2.45, 2.75) is 50.7 Å². The Morgan fingerprint density at radius 3 is 2.55 bits per heavy atom. The fraction of sp³-hybridized carbons (Fsp3) is 1.00. The maximum absolute atomic E-state index is 9.73. The quantitative estimate of drug-likeness (QED) is 0.644. The van der Waals surface area contributed by atoms with E-state index in [9.17, 15) is 5.11 Å². The molecule has 0 aliphatic heterocycles. The summed E-state index contributed by atoms with van der Waals surface area (Å²) in [7, 11) is 1.97. The van der Waals surface area contributed by atoms with Crippen LogP contribution in [0.5, 0.6) is 0 Å². The molecule has 1 saturated carbocycles. The summed E-state index contributed by atoms with van der Waals surface area (Å²) in [4.78, 5) is 0. The summed E-state index contributed by atoms with van der Waals surface area (Å²) >= 11 is 0. The summed E-state index contributed by atoms with van der Waals surface area (Å²) in [5, 5.41) is 12.9. The Bertz CT molecular complexity index is 121. The first-order valence-electron chi connectivity index (χ1n) is 4.56. The van der Waals surface area contributed by atoms with Crippen LogP contribution in [0.25, 0.3) is 0 Å². The van der Waals surface area contributed by atoms with E-state index in [4.69, 9.17) is 0 Å². The average Bonchev–Trinajstić information content (AvgIpc) is 1.96. The molecule has 1 fully saturated rings. The van der Waals surface area contributed by atoms with Gasteiger partial charge >= 0.3 is 0 Å². The fourth-order valence-electron chi connectivity index (χ4n) is 1.46. The van der Waals surface area contributed by atoms with Gasteiger partial charge in [-0.25, -0.2) is 0 Å². The van der Waals surface area contributed by atoms with E-state index in [1.54, 1.807) is 0 Å². The molecule has 1 unspecified atom stereocenters. The number of hydrogen-bond donors (Lipinski definition) is 2. The number of rotatable bonds is 4. The summed E-state index contributed by atoms with van der Waals surface area (Å²) in [5.41, 5.74) is -0.287. The molecule has 1 aliphatic carbocycles. The molecule has 1 atom stereocenters. The molecule has 2 heteroatoms. The summed E-state index contributed by atoms with van der Waals surface area (Å²) in [5.74, 6) is 0. The van der Waals surface area contributed by atoms with Crippen molar-refractivity contribution in [3.63, 3.8) is 0 Å². The van der Waals surface area contributed by atoms with Gasteiger partial charge in [0, 0.05) is 6.04 Å². The topological polar surface area (TPSA) is 32.3 Å². The van der Waals surface area contributed by atoms with Crippen molar-refractivity contribution in [3.8, 4) is 0 Å². The first kappa shape index (κ1) is 9.01. The van der Waals surface area contributed by atoms with Crippen LogP contribution in [0.2, 0.25) is 0 Å². The van der Waals surface area contributed by atoms with E-state index in [1.165, 1.54) is 6.42 Å². The van der Waals surface area contributed by atoms with E-state index >= 15 is 0 Å². The largest absolute Gasteiger partial charge is 0.390 e. The molecule has 0 aromatic rings. The van der Waals surface area contributed by atoms with Crippen molar-refractivity contribution in [1.82, 2.24) is 5.32 Å². The third-order valence-electron chi connectivity index (χ3n) is 2.82. The summed E-state index contributed by atoms with van der Waals surface area (Å²) in [6, 6.07) is 0.541. The predicted octanol–water partition coefficient (Wildman–Crippen LogP) is 1.29. The monoisotopic (exact) mass is 157 g/mol. The Hall–Kier alpha value is -0.0800. The molecular weight excluding hydrogens is 138 g/mol. The smallest absolute Gasteiger partial charge is 0.0648 e. The molecule has 2 N–H and O–H groups in total. The second-order valence-corrected chi connectivity index (χ2v) is 3.81. The Morgan fingerprint density at radius 2 is 2.18 bits per heavy atom. The first-order valence-corrected chi connectivity index (χ1v) is 4.56. The zero-order chi connectivity index (χ0) is 8.32. The van der Waals surface area contributed by atoms with Crippen LogP contribution in [0.4, 0.5) is 0 Å². The van der Waals surface area contributed by atoms with Crippen molar-refractivity contribution < 1.29 is 5.11 Å². The highest BCUT2D eigenvalue weighted by Gasteiger charge is 2.33. The highest BCUT2D eigenvalue weighted by atomic mass is 16.3. The van der Waals surface area contributed by atoms with Crippen LogP contribution in [0, 0.1) is 0 Å². The maximum Gasteiger partial charge on any atom is 0.0648 e. The lowest BCUT2D eigenvalue weighted by atomic mass is 9.76. The standard InChI is InChI=1S/C9H19NO/c1-8(10-2)4-7-9(11)5-3-6-9/h8,10-11H,3-7H2,1-2H3. The molecule has 0 bridgehead atoms. The Kier molecular flexibility index (Phi) is 2.90. The van der Waals surface area contributed by atoms with Gasteiger partial charge in [-0.1, -0.05) is 0 Å². The molecule has 2 nitrogen and oxygen atoms in total. The van der Waals surface area contributed by atoms with Gasteiger partial charge in [0.05, 0.1) is 5.60 Å². The highest BCUT2D eigenvalue weighted by molar-refractivity contribution is 4.87. The lowest BCUT2D eigenvalue weighted by molar-refractivity contribution is -0.0429. The van der Waals surface area contributed by atoms with Crippen molar-refractivity contribution in [2.75, 3.05) is 7.05 Å². The van der Waals surface area contributed by atoms with E-state index < -0.39 is 0 Å². The molecule has 66 valence electrons. The van der Waals surface area contributed by atoms with E-state index in [0.717, 1.165) is 25.7 Å². The van der Waals surface area contributed by atoms with E-state index in [-0.39, 0.29) is 5.60 Å². The van der Waals surface area contributed by atoms with Crippen molar-refractivity contribution in [3.05, 3.63) is 0 Å². The van der Waals surface area contributed by atoms with Crippen LogP contribution in [0.15, 0.2) is 0 Å². The summed E-state index contributed by atoms with van der Waals surface area (Å²) in [6.45, 7) is 2.15. The van der Waals surface area contributed by atoms with E-state index in [2.05, 4.69) is 12.2 Å². The zero-order valence-electron chi connectivity index (χ0n) is 7.56. The molecule has 1 aliphatic rings. The van der Waals surface area contributed by atoms with Gasteiger partial charge in [-0.2, -0.15) is 0 Å². The SMILES string of the molecule is CNC(C)CCC1(O)CCC1. The number of nitrogens with one attached hydrogen (secondary N) is 1. The summed E-state index contributed by atoms with van der Waals surface area (Å²) < 4.78 is 0. The fourth-order valence-corrected chi connectivity index (χ4v) is 1.46. The van der Waals surface area contributed by atoms with Crippen molar-refractivity contribution in [2.24, 2.45) is 0 Å². The van der Waals surface area contributed by atoms with Crippen LogP contribution in [0.3, 0.4) is 0 Å². The second kappa shape index (κ2) is 3.55. The first-order chi connectivity index (χ1) is 5.16. The second-order valence-electron chi connectivity index (χ2n) is 3.81. The van der Waals surface area contributed by atoms with E-state index in [0.29, 0.717) is 6.04 Å².